The van der Waals surface area contributed by atoms with Gasteiger partial charge in [-0.05, 0) is 54.2 Å². The molecule has 0 amide bonds. The molecule has 0 aliphatic rings. The second-order valence-corrected chi connectivity index (χ2v) is 8.03. The number of aromatic nitrogens is 3. The number of carboxylic acids is 1. The van der Waals surface area contributed by atoms with E-state index in [1.54, 1.807) is 54.6 Å². The van der Waals surface area contributed by atoms with Crippen LogP contribution in [0, 0.1) is 11.3 Å². The molecule has 0 saturated heterocycles. The number of benzene rings is 2. The highest BCUT2D eigenvalue weighted by Gasteiger charge is 2.17. The average Bonchev–Trinajstić information content (AvgIpc) is 3.48. The third kappa shape index (κ3) is 4.92. The number of H-pyrrole nitrogens is 1. The number of hydrogen-bond acceptors (Lipinski definition) is 7. The Morgan fingerprint density at radius 2 is 2.06 bits per heavy atom. The van der Waals surface area contributed by atoms with Gasteiger partial charge in [-0.2, -0.15) is 5.26 Å². The Labute approximate surface area is 197 Å². The summed E-state index contributed by atoms with van der Waals surface area (Å²) < 4.78 is 11.1. The number of aliphatic carboxylic acids is 1. The topological polar surface area (TPSA) is 125 Å². The Bertz CT molecular complexity index is 1400. The molecule has 0 bridgehead atoms. The van der Waals surface area contributed by atoms with E-state index in [-0.39, 0.29) is 10.1 Å². The Balaban J connectivity index is 1.60. The zero-order valence-corrected chi connectivity index (χ0v) is 18.6. The fourth-order valence-corrected chi connectivity index (χ4v) is 3.87. The van der Waals surface area contributed by atoms with Crippen LogP contribution in [0.2, 0.25) is 5.02 Å². The second-order valence-electron chi connectivity index (χ2n) is 6.59. The van der Waals surface area contributed by atoms with Crippen molar-refractivity contribution in [3.8, 4) is 34.5 Å². The lowest BCUT2D eigenvalue weighted by Crippen LogP contribution is -1.97. The fraction of sp³-hybridized carbons (Fsp3) is 0.0435. The number of aromatic amines is 1. The van der Waals surface area contributed by atoms with Crippen LogP contribution in [0.15, 0.2) is 69.1 Å². The molecule has 0 unspecified atom stereocenters. The molecular weight excluding hydrogens is 464 g/mol. The lowest BCUT2D eigenvalue weighted by atomic mass is 10.1. The molecule has 0 aliphatic heterocycles. The van der Waals surface area contributed by atoms with Gasteiger partial charge in [0.15, 0.2) is 5.82 Å². The molecule has 2 aromatic carbocycles. The van der Waals surface area contributed by atoms with E-state index in [0.717, 1.165) is 11.8 Å². The summed E-state index contributed by atoms with van der Waals surface area (Å²) in [4.78, 5) is 16.1. The molecule has 0 saturated carbocycles. The summed E-state index contributed by atoms with van der Waals surface area (Å²) in [5, 5.41) is 26.5. The molecule has 2 heterocycles. The van der Waals surface area contributed by atoms with Crippen LogP contribution in [0.25, 0.3) is 28.8 Å². The number of carboxylic acid groups (broad SMARTS) is 1. The van der Waals surface area contributed by atoms with Crippen LogP contribution in [0.3, 0.4) is 0 Å². The highest BCUT2D eigenvalue weighted by Crippen LogP contribution is 2.33. The third-order valence-corrected chi connectivity index (χ3v) is 5.62. The van der Waals surface area contributed by atoms with Crippen molar-refractivity contribution < 1.29 is 19.1 Å². The first kappa shape index (κ1) is 22.2. The summed E-state index contributed by atoms with van der Waals surface area (Å²) in [6.45, 7) is 0. The van der Waals surface area contributed by atoms with Gasteiger partial charge in [-0.25, -0.2) is 9.78 Å². The van der Waals surface area contributed by atoms with E-state index in [1.807, 2.05) is 0 Å². The van der Waals surface area contributed by atoms with E-state index in [2.05, 4.69) is 21.3 Å². The molecule has 2 N–H and O–H groups in total. The summed E-state index contributed by atoms with van der Waals surface area (Å²) in [7, 11) is 1.52. The van der Waals surface area contributed by atoms with E-state index in [1.165, 1.54) is 13.2 Å². The first-order chi connectivity index (χ1) is 16.0. The van der Waals surface area contributed by atoms with Crippen molar-refractivity contribution in [3.63, 3.8) is 0 Å². The molecule has 0 aliphatic carbocycles. The lowest BCUT2D eigenvalue weighted by Gasteiger charge is -2.05. The number of carbonyl (C=O) groups is 1. The van der Waals surface area contributed by atoms with Gasteiger partial charge < -0.3 is 14.3 Å². The quantitative estimate of drug-likeness (QED) is 0.264. The highest BCUT2D eigenvalue weighted by atomic mass is 35.5. The molecule has 4 aromatic rings. The number of nitrogens with one attached hydrogen (secondary N) is 1. The number of furan rings is 1. The van der Waals surface area contributed by atoms with E-state index in [9.17, 15) is 15.2 Å². The molecule has 0 radical (unpaired) electrons. The molecule has 8 nitrogen and oxygen atoms in total. The van der Waals surface area contributed by atoms with Crippen LogP contribution >= 0.6 is 23.4 Å². The van der Waals surface area contributed by atoms with E-state index in [4.69, 9.17) is 20.8 Å². The Morgan fingerprint density at radius 3 is 2.82 bits per heavy atom. The highest BCUT2D eigenvalue weighted by molar-refractivity contribution is 8.04. The van der Waals surface area contributed by atoms with E-state index < -0.39 is 5.97 Å². The van der Waals surface area contributed by atoms with E-state index >= 15 is 0 Å². The van der Waals surface area contributed by atoms with Crippen LogP contribution in [-0.2, 0) is 4.79 Å². The number of ether oxygens (including phenoxy) is 1. The Morgan fingerprint density at radius 1 is 1.24 bits per heavy atom. The van der Waals surface area contributed by atoms with Gasteiger partial charge in [0.25, 0.3) is 0 Å². The smallest absolute Gasteiger partial charge is 0.342 e. The van der Waals surface area contributed by atoms with Gasteiger partial charge in [0, 0.05) is 16.7 Å². The standard InChI is InChI=1S/C23H15ClN4O4S/c1-31-18-8-6-14(24)10-17(18)21-26-23(28-27-21)33-20(22(29)30)11-15-7-9-19(32-15)16-5-3-2-4-13(16)12-25/h2-11H,1H3,(H,29,30)(H,26,27,28)/b20-11-. The molecular formula is C23H15ClN4O4S. The minimum atomic E-state index is -1.16. The second kappa shape index (κ2) is 9.65. The minimum absolute atomic E-state index is 0.0481. The predicted octanol–water partition coefficient (Wildman–Crippen LogP) is 5.48. The molecule has 10 heteroatoms. The molecule has 0 atom stereocenters. The van der Waals surface area contributed by atoms with Crippen LogP contribution < -0.4 is 4.74 Å². The van der Waals surface area contributed by atoms with Crippen molar-refractivity contribution in [2.24, 2.45) is 0 Å². The molecule has 33 heavy (non-hydrogen) atoms. The number of hydrogen-bond donors (Lipinski definition) is 2. The SMILES string of the molecule is COc1ccc(Cl)cc1-c1nc(S/C(=C\c2ccc(-c3ccccc3C#N)o2)C(=O)O)n[nH]1. The zero-order chi connectivity index (χ0) is 23.4. The van der Waals surface area contributed by atoms with Crippen molar-refractivity contribution >= 4 is 35.4 Å². The van der Waals surface area contributed by atoms with Gasteiger partial charge in [0.1, 0.15) is 22.2 Å². The average molecular weight is 479 g/mol. The zero-order valence-electron chi connectivity index (χ0n) is 17.1. The molecule has 4 rings (SSSR count). The first-order valence-corrected chi connectivity index (χ1v) is 10.7. The maximum absolute atomic E-state index is 11.8. The summed E-state index contributed by atoms with van der Waals surface area (Å²) in [6.07, 6.45) is 1.38. The maximum atomic E-state index is 11.8. The van der Waals surface area contributed by atoms with Crippen LogP contribution in [0.5, 0.6) is 5.75 Å². The number of nitriles is 1. The first-order valence-electron chi connectivity index (χ1n) is 9.47. The number of thioether (sulfide) groups is 1. The van der Waals surface area contributed by atoms with Gasteiger partial charge in [0.2, 0.25) is 5.16 Å². The van der Waals surface area contributed by atoms with Gasteiger partial charge in [-0.3, -0.25) is 5.10 Å². The fourth-order valence-electron chi connectivity index (χ4n) is 3.01. The minimum Gasteiger partial charge on any atom is -0.496 e. The Hall–Kier alpha value is -4.00. The van der Waals surface area contributed by atoms with Gasteiger partial charge in [-0.15, -0.1) is 5.10 Å². The molecule has 0 fully saturated rings. The summed E-state index contributed by atoms with van der Waals surface area (Å²) >= 11 is 6.93. The monoisotopic (exact) mass is 478 g/mol. The van der Waals surface area contributed by atoms with Gasteiger partial charge >= 0.3 is 5.97 Å². The van der Waals surface area contributed by atoms with Crippen molar-refractivity contribution in [1.29, 1.82) is 5.26 Å². The van der Waals surface area contributed by atoms with Gasteiger partial charge in [0.05, 0.1) is 24.3 Å². The van der Waals surface area contributed by atoms with Crippen molar-refractivity contribution in [1.82, 2.24) is 15.2 Å². The molecule has 2 aromatic heterocycles. The number of halogens is 1. The van der Waals surface area contributed by atoms with Gasteiger partial charge in [-0.1, -0.05) is 23.7 Å². The summed E-state index contributed by atoms with van der Waals surface area (Å²) in [5.74, 6) is 0.537. The summed E-state index contributed by atoms with van der Waals surface area (Å²) in [5.41, 5.74) is 1.68. The largest absolute Gasteiger partial charge is 0.496 e. The van der Waals surface area contributed by atoms with Crippen molar-refractivity contribution in [3.05, 3.63) is 75.8 Å². The van der Waals surface area contributed by atoms with Crippen molar-refractivity contribution in [2.45, 2.75) is 5.16 Å². The number of rotatable bonds is 7. The lowest BCUT2D eigenvalue weighted by molar-refractivity contribution is -0.131. The van der Waals surface area contributed by atoms with Crippen LogP contribution in [0.1, 0.15) is 11.3 Å². The Kier molecular flexibility index (Phi) is 6.49. The normalized spacial score (nSPS) is 11.2. The van der Waals surface area contributed by atoms with Crippen LogP contribution in [-0.4, -0.2) is 33.4 Å². The van der Waals surface area contributed by atoms with Crippen LogP contribution in [0.4, 0.5) is 0 Å². The number of methoxy groups -OCH3 is 1. The summed E-state index contributed by atoms with van der Waals surface area (Å²) in [6, 6.07) is 17.5. The third-order valence-electron chi connectivity index (χ3n) is 4.51. The number of nitrogens with zero attached hydrogens (tertiary/aromatic N) is 3. The van der Waals surface area contributed by atoms with Crippen molar-refractivity contribution in [2.75, 3.05) is 7.11 Å². The van der Waals surface area contributed by atoms with E-state index in [0.29, 0.717) is 44.8 Å². The molecule has 0 spiro atoms. The predicted molar refractivity (Wildman–Crippen MR) is 124 cm³/mol. The molecule has 164 valence electrons. The maximum Gasteiger partial charge on any atom is 0.342 e.